The first-order valence-electron chi connectivity index (χ1n) is 24.7. The van der Waals surface area contributed by atoms with Crippen LogP contribution in [0.4, 0.5) is 0 Å². The van der Waals surface area contributed by atoms with E-state index in [1.54, 1.807) is 0 Å². The monoisotopic (exact) mass is 890 g/mol. The molecule has 0 aliphatic heterocycles. The van der Waals surface area contributed by atoms with Crippen molar-refractivity contribution < 1.29 is 0 Å². The van der Waals surface area contributed by atoms with Gasteiger partial charge >= 0.3 is 0 Å². The van der Waals surface area contributed by atoms with E-state index in [-0.39, 0.29) is 17.3 Å². The maximum Gasteiger partial charge on any atom is 0.0713 e. The third-order valence-corrected chi connectivity index (χ3v) is 16.4. The van der Waals surface area contributed by atoms with Gasteiger partial charge in [-0.1, -0.05) is 224 Å². The van der Waals surface area contributed by atoms with E-state index in [1.165, 1.54) is 99.6 Å². The molecule has 2 atom stereocenters. The SMILES string of the molecule is C1=CC2C(c3ccccc3C2(c2ccccc2)c2ccccc2)c2c1n(-c1cccc(-n3c4ccccc4c4c5c(ccc43)C(c3ccccc3)(c3ccccc3)c3ccccc3-5)c1)c1ccccc21. The Labute approximate surface area is 407 Å². The molecule has 3 aliphatic rings. The van der Waals surface area contributed by atoms with Crippen molar-refractivity contribution in [1.29, 1.82) is 0 Å². The maximum atomic E-state index is 2.54. The summed E-state index contributed by atoms with van der Waals surface area (Å²) in [5.74, 6) is 0.312. The van der Waals surface area contributed by atoms with Crippen LogP contribution in [-0.2, 0) is 10.8 Å². The molecule has 2 unspecified atom stereocenters. The Balaban J connectivity index is 0.954. The molecule has 0 spiro atoms. The zero-order valence-corrected chi connectivity index (χ0v) is 38.5. The first-order valence-corrected chi connectivity index (χ1v) is 24.7. The van der Waals surface area contributed by atoms with Crippen LogP contribution in [0.5, 0.6) is 0 Å². The zero-order chi connectivity index (χ0) is 46.0. The first-order chi connectivity index (χ1) is 34.8. The lowest BCUT2D eigenvalue weighted by Crippen LogP contribution is -2.35. The Kier molecular flexibility index (Phi) is 8.36. The Morgan fingerprint density at radius 1 is 0.371 bits per heavy atom. The molecule has 15 rings (SSSR count). The normalized spacial score (nSPS) is 16.7. The van der Waals surface area contributed by atoms with E-state index >= 15 is 0 Å². The van der Waals surface area contributed by atoms with Crippen molar-refractivity contribution >= 4 is 38.8 Å². The zero-order valence-electron chi connectivity index (χ0n) is 38.5. The number of para-hydroxylation sites is 2. The average Bonchev–Trinajstić information content (AvgIpc) is 4.15. The molecule has 3 aliphatic carbocycles. The highest BCUT2D eigenvalue weighted by molar-refractivity contribution is 6.18. The van der Waals surface area contributed by atoms with E-state index in [1.807, 2.05) is 0 Å². The van der Waals surface area contributed by atoms with Gasteiger partial charge in [0, 0.05) is 39.4 Å². The summed E-state index contributed by atoms with van der Waals surface area (Å²) < 4.78 is 5.04. The molecule has 328 valence electrons. The fourth-order valence-electron chi connectivity index (χ4n) is 13.9. The van der Waals surface area contributed by atoms with E-state index in [9.17, 15) is 0 Å². The largest absolute Gasteiger partial charge is 0.309 e. The average molecular weight is 891 g/mol. The minimum absolute atomic E-state index is 0.146. The molecular formula is C68H46N2. The summed E-state index contributed by atoms with van der Waals surface area (Å²) >= 11 is 0. The first kappa shape index (κ1) is 39.3. The molecule has 0 saturated carbocycles. The molecule has 0 bridgehead atoms. The lowest BCUT2D eigenvalue weighted by atomic mass is 9.62. The van der Waals surface area contributed by atoms with Crippen molar-refractivity contribution in [2.24, 2.45) is 5.92 Å². The number of benzene rings is 10. The van der Waals surface area contributed by atoms with Crippen LogP contribution in [0.15, 0.2) is 261 Å². The van der Waals surface area contributed by atoms with Crippen LogP contribution in [0.2, 0.25) is 0 Å². The number of hydrogen-bond acceptors (Lipinski definition) is 0. The molecular weight excluding hydrogens is 845 g/mol. The second-order valence-corrected chi connectivity index (χ2v) is 19.4. The van der Waals surface area contributed by atoms with E-state index in [0.29, 0.717) is 0 Å². The number of rotatable bonds is 6. The Bertz CT molecular complexity index is 3980. The molecule has 2 heterocycles. The summed E-state index contributed by atoms with van der Waals surface area (Å²) in [6.07, 6.45) is 4.99. The van der Waals surface area contributed by atoms with Crippen LogP contribution in [0.1, 0.15) is 61.7 Å². The van der Waals surface area contributed by atoms with Crippen LogP contribution in [0, 0.1) is 5.92 Å². The maximum absolute atomic E-state index is 2.54. The van der Waals surface area contributed by atoms with Gasteiger partial charge in [0.05, 0.1) is 33.1 Å². The summed E-state index contributed by atoms with van der Waals surface area (Å²) in [6, 6.07) is 95.3. The van der Waals surface area contributed by atoms with Crippen LogP contribution in [-0.4, -0.2) is 9.13 Å². The molecule has 70 heavy (non-hydrogen) atoms. The summed E-state index contributed by atoms with van der Waals surface area (Å²) in [6.45, 7) is 0. The topological polar surface area (TPSA) is 9.86 Å². The second kappa shape index (κ2) is 14.9. The number of aromatic nitrogens is 2. The highest BCUT2D eigenvalue weighted by Crippen LogP contribution is 2.63. The molecule has 0 radical (unpaired) electrons. The molecule has 2 nitrogen and oxygen atoms in total. The van der Waals surface area contributed by atoms with Crippen molar-refractivity contribution in [2.75, 3.05) is 0 Å². The number of fused-ring (bicyclic) bond motifs is 14. The van der Waals surface area contributed by atoms with Crippen molar-refractivity contribution in [3.63, 3.8) is 0 Å². The number of nitrogens with zero attached hydrogens (tertiary/aromatic N) is 2. The summed E-state index contributed by atoms with van der Waals surface area (Å²) in [5, 5.41) is 3.85. The lowest BCUT2D eigenvalue weighted by Gasteiger charge is -2.39. The third kappa shape index (κ3) is 5.07. The van der Waals surface area contributed by atoms with Crippen molar-refractivity contribution in [3.05, 3.63) is 317 Å². The molecule has 2 heteroatoms. The quantitative estimate of drug-likeness (QED) is 0.157. The van der Waals surface area contributed by atoms with Gasteiger partial charge in [-0.25, -0.2) is 0 Å². The molecule has 0 N–H and O–H groups in total. The van der Waals surface area contributed by atoms with Gasteiger partial charge in [0.25, 0.3) is 0 Å². The van der Waals surface area contributed by atoms with Gasteiger partial charge in [0.2, 0.25) is 0 Å². The molecule has 0 saturated heterocycles. The molecule has 12 aromatic rings. The fraction of sp³-hybridized carbons (Fsp3) is 0.0588. The van der Waals surface area contributed by atoms with Gasteiger partial charge in [0.15, 0.2) is 0 Å². The standard InChI is InChI=1S/C68H46N2/c1-5-22-45(23-6-1)67(46-24-7-2-8-25-46)55-36-17-13-32-51(55)63-57(67)40-42-61-65(63)53-34-15-19-38-59(53)69(61)49-30-21-31-50(44-49)70-60-39-20-16-35-54(60)66-62(70)43-41-58-64(66)52-33-14-18-37-56(52)68(58,47-26-9-3-10-27-47)48-28-11-4-12-29-48/h1-44,57,63H. The smallest absolute Gasteiger partial charge is 0.0713 e. The predicted molar refractivity (Wildman–Crippen MR) is 288 cm³/mol. The third-order valence-electron chi connectivity index (χ3n) is 16.4. The summed E-state index contributed by atoms with van der Waals surface area (Å²) in [7, 11) is 0. The van der Waals surface area contributed by atoms with Gasteiger partial charge in [-0.2, -0.15) is 0 Å². The molecule has 0 fully saturated rings. The molecule has 2 aromatic heterocycles. The van der Waals surface area contributed by atoms with Gasteiger partial charge in [-0.15, -0.1) is 0 Å². The highest BCUT2D eigenvalue weighted by Gasteiger charge is 2.55. The van der Waals surface area contributed by atoms with Gasteiger partial charge in [-0.05, 0) is 104 Å². The Morgan fingerprint density at radius 3 is 1.57 bits per heavy atom. The number of allylic oxidation sites excluding steroid dienone is 1. The van der Waals surface area contributed by atoms with Gasteiger partial charge in [-0.3, -0.25) is 0 Å². The highest BCUT2D eigenvalue weighted by atomic mass is 15.0. The molecule has 0 amide bonds. The van der Waals surface area contributed by atoms with E-state index < -0.39 is 5.41 Å². The van der Waals surface area contributed by atoms with Crippen LogP contribution >= 0.6 is 0 Å². The molecule has 10 aromatic carbocycles. The fourth-order valence-corrected chi connectivity index (χ4v) is 13.9. The van der Waals surface area contributed by atoms with Crippen molar-refractivity contribution in [3.8, 4) is 22.5 Å². The van der Waals surface area contributed by atoms with E-state index in [4.69, 9.17) is 0 Å². The van der Waals surface area contributed by atoms with E-state index in [0.717, 1.165) is 11.4 Å². The van der Waals surface area contributed by atoms with Crippen LogP contribution < -0.4 is 0 Å². The van der Waals surface area contributed by atoms with Gasteiger partial charge < -0.3 is 9.13 Å². The minimum atomic E-state index is -0.478. The minimum Gasteiger partial charge on any atom is -0.309 e. The second-order valence-electron chi connectivity index (χ2n) is 19.4. The van der Waals surface area contributed by atoms with Crippen LogP contribution in [0.3, 0.4) is 0 Å². The Morgan fingerprint density at radius 2 is 0.900 bits per heavy atom. The summed E-state index contributed by atoms with van der Waals surface area (Å²) in [4.78, 5) is 0. The van der Waals surface area contributed by atoms with E-state index in [2.05, 4.69) is 276 Å². The van der Waals surface area contributed by atoms with Crippen molar-refractivity contribution in [2.45, 2.75) is 16.7 Å². The van der Waals surface area contributed by atoms with Gasteiger partial charge in [0.1, 0.15) is 0 Å². The Hall–Kier alpha value is -8.72. The van der Waals surface area contributed by atoms with Crippen molar-refractivity contribution in [1.82, 2.24) is 9.13 Å². The number of hydrogen-bond donors (Lipinski definition) is 0. The lowest BCUT2D eigenvalue weighted by molar-refractivity contribution is 0.452. The summed E-state index contributed by atoms with van der Waals surface area (Å²) in [5.41, 5.74) is 21.0. The van der Waals surface area contributed by atoms with Crippen LogP contribution in [0.25, 0.3) is 61.3 Å². The predicted octanol–water partition coefficient (Wildman–Crippen LogP) is 16.2.